The van der Waals surface area contributed by atoms with Gasteiger partial charge in [-0.3, -0.25) is 8.98 Å². The van der Waals surface area contributed by atoms with E-state index in [-0.39, 0.29) is 5.56 Å². The van der Waals surface area contributed by atoms with Crippen LogP contribution in [0.5, 0.6) is 0 Å². The first-order chi connectivity index (χ1) is 14.8. The number of amides is 1. The number of alkyl halides is 3. The van der Waals surface area contributed by atoms with Gasteiger partial charge in [0.05, 0.1) is 23.6 Å². The van der Waals surface area contributed by atoms with Crippen LogP contribution in [0, 0.1) is 5.41 Å². The monoisotopic (exact) mass is 495 g/mol. The molecule has 0 N–H and O–H groups in total. The van der Waals surface area contributed by atoms with Crippen molar-refractivity contribution in [1.29, 1.82) is 0 Å². The molecule has 0 aliphatic carbocycles. The number of halogens is 3. The van der Waals surface area contributed by atoms with Gasteiger partial charge in [-0.1, -0.05) is 12.1 Å². The first-order valence-electron chi connectivity index (χ1n) is 10.1. The minimum atomic E-state index is -4.57. The lowest BCUT2D eigenvalue weighted by Crippen LogP contribution is -2.46. The van der Waals surface area contributed by atoms with Crippen LogP contribution in [0.25, 0.3) is 0 Å². The largest absolute Gasteiger partial charge is 0.465 e. The van der Waals surface area contributed by atoms with Gasteiger partial charge in [0.2, 0.25) is 0 Å². The van der Waals surface area contributed by atoms with Crippen molar-refractivity contribution >= 4 is 22.4 Å². The Bertz CT molecular complexity index is 977. The molecular weight excluding hydrogens is 467 g/mol. The van der Waals surface area contributed by atoms with Gasteiger partial charge < -0.3 is 9.47 Å². The van der Waals surface area contributed by atoms with E-state index in [0.29, 0.717) is 4.31 Å². The third kappa shape index (κ3) is 6.83. The maximum Gasteiger partial charge on any atom is 0.426 e. The van der Waals surface area contributed by atoms with Crippen LogP contribution in [-0.2, 0) is 34.9 Å². The van der Waals surface area contributed by atoms with E-state index < -0.39 is 70.3 Å². The van der Waals surface area contributed by atoms with Crippen LogP contribution in [0.4, 0.5) is 18.0 Å². The third-order valence-electron chi connectivity index (χ3n) is 4.64. The Hall–Kier alpha value is -2.34. The van der Waals surface area contributed by atoms with Crippen LogP contribution >= 0.6 is 0 Å². The molecule has 1 fully saturated rings. The SMILES string of the molecule is CC(C)(C)OC(=O)N1[C@H]([C@H](COC(=O)C(C)(C)C)c2ccc(C(F)(F)F)cc2)COS1(=O)=O. The first-order valence-corrected chi connectivity index (χ1v) is 11.5. The van der Waals surface area contributed by atoms with Crippen LogP contribution in [0.3, 0.4) is 0 Å². The molecule has 12 heteroatoms. The summed E-state index contributed by atoms with van der Waals surface area (Å²) >= 11 is 0. The number of carbonyl (C=O) groups excluding carboxylic acids is 2. The Labute approximate surface area is 191 Å². The average Bonchev–Trinajstić information content (AvgIpc) is 2.94. The molecule has 0 unspecified atom stereocenters. The van der Waals surface area contributed by atoms with Gasteiger partial charge in [-0.25, -0.2) is 4.79 Å². The fraction of sp³-hybridized carbons (Fsp3) is 0.619. The highest BCUT2D eigenvalue weighted by molar-refractivity contribution is 7.85. The molecule has 1 amide bonds. The zero-order valence-corrected chi connectivity index (χ0v) is 20.0. The number of nitrogens with zero attached hydrogens (tertiary/aromatic N) is 1. The smallest absolute Gasteiger partial charge is 0.426 e. The van der Waals surface area contributed by atoms with E-state index in [1.54, 1.807) is 41.5 Å². The van der Waals surface area contributed by atoms with E-state index in [1.165, 1.54) is 0 Å². The molecule has 8 nitrogen and oxygen atoms in total. The molecule has 1 saturated heterocycles. The molecular formula is C21H28F3NO7S. The van der Waals surface area contributed by atoms with Crippen molar-refractivity contribution < 1.29 is 44.8 Å². The minimum Gasteiger partial charge on any atom is -0.465 e. The predicted octanol–water partition coefficient (Wildman–Crippen LogP) is 4.26. The molecule has 1 aliphatic heterocycles. The molecule has 33 heavy (non-hydrogen) atoms. The van der Waals surface area contributed by atoms with Crippen molar-refractivity contribution in [3.63, 3.8) is 0 Å². The Morgan fingerprint density at radius 1 is 1.09 bits per heavy atom. The number of carbonyl (C=O) groups is 2. The molecule has 2 rings (SSSR count). The van der Waals surface area contributed by atoms with Crippen LogP contribution in [0.15, 0.2) is 24.3 Å². The fourth-order valence-corrected chi connectivity index (χ4v) is 4.17. The summed E-state index contributed by atoms with van der Waals surface area (Å²) in [5.74, 6) is -1.62. The molecule has 186 valence electrons. The highest BCUT2D eigenvalue weighted by Gasteiger charge is 2.49. The third-order valence-corrected chi connectivity index (χ3v) is 5.98. The molecule has 0 saturated carbocycles. The number of ether oxygens (including phenoxy) is 2. The van der Waals surface area contributed by atoms with E-state index >= 15 is 0 Å². The number of hydrogen-bond acceptors (Lipinski definition) is 7. The quantitative estimate of drug-likeness (QED) is 0.576. The van der Waals surface area contributed by atoms with E-state index in [2.05, 4.69) is 0 Å². The van der Waals surface area contributed by atoms with Gasteiger partial charge in [-0.05, 0) is 59.2 Å². The molecule has 1 aromatic rings. The summed E-state index contributed by atoms with van der Waals surface area (Å²) in [6.07, 6.45) is -5.78. The maximum absolute atomic E-state index is 13.0. The first kappa shape index (κ1) is 26.9. The number of benzene rings is 1. The lowest BCUT2D eigenvalue weighted by molar-refractivity contribution is -0.153. The van der Waals surface area contributed by atoms with Gasteiger partial charge in [0.25, 0.3) is 0 Å². The van der Waals surface area contributed by atoms with Gasteiger partial charge in [0, 0.05) is 5.92 Å². The summed E-state index contributed by atoms with van der Waals surface area (Å²) < 4.78 is 79.7. The Morgan fingerprint density at radius 2 is 1.64 bits per heavy atom. The Kier molecular flexibility index (Phi) is 7.44. The van der Waals surface area contributed by atoms with Crippen molar-refractivity contribution in [2.75, 3.05) is 13.2 Å². The van der Waals surface area contributed by atoms with E-state index in [9.17, 15) is 31.2 Å². The van der Waals surface area contributed by atoms with E-state index in [1.807, 2.05) is 0 Å². The maximum atomic E-state index is 13.0. The van der Waals surface area contributed by atoms with Crippen molar-refractivity contribution in [2.45, 2.75) is 65.3 Å². The second kappa shape index (κ2) is 9.13. The van der Waals surface area contributed by atoms with Gasteiger partial charge >= 0.3 is 28.5 Å². The van der Waals surface area contributed by atoms with Crippen molar-refractivity contribution in [3.8, 4) is 0 Å². The van der Waals surface area contributed by atoms with Crippen molar-refractivity contribution in [1.82, 2.24) is 4.31 Å². The van der Waals surface area contributed by atoms with Crippen LogP contribution in [-0.4, -0.2) is 49.6 Å². The van der Waals surface area contributed by atoms with Crippen molar-refractivity contribution in [2.24, 2.45) is 5.41 Å². The minimum absolute atomic E-state index is 0.226. The Balaban J connectivity index is 2.46. The highest BCUT2D eigenvalue weighted by atomic mass is 32.2. The zero-order chi connectivity index (χ0) is 25.4. The summed E-state index contributed by atoms with van der Waals surface area (Å²) in [6.45, 7) is 8.58. The number of esters is 1. The van der Waals surface area contributed by atoms with Gasteiger partial charge in [0.15, 0.2) is 0 Å². The van der Waals surface area contributed by atoms with E-state index in [4.69, 9.17) is 13.7 Å². The molecule has 1 aliphatic rings. The molecule has 0 radical (unpaired) electrons. The molecule has 0 aromatic heterocycles. The summed E-state index contributed by atoms with van der Waals surface area (Å²) in [4.78, 5) is 25.0. The van der Waals surface area contributed by atoms with Crippen molar-refractivity contribution in [3.05, 3.63) is 35.4 Å². The lowest BCUT2D eigenvalue weighted by atomic mass is 9.91. The fourth-order valence-electron chi connectivity index (χ4n) is 2.99. The summed E-state index contributed by atoms with van der Waals surface area (Å²) in [6, 6.07) is 2.74. The van der Waals surface area contributed by atoms with E-state index in [0.717, 1.165) is 24.3 Å². The molecule has 2 atom stereocenters. The van der Waals surface area contributed by atoms with Gasteiger partial charge in [0.1, 0.15) is 12.2 Å². The van der Waals surface area contributed by atoms with Crippen LogP contribution in [0.2, 0.25) is 0 Å². The highest BCUT2D eigenvalue weighted by Crippen LogP contribution is 2.35. The molecule has 0 spiro atoms. The lowest BCUT2D eigenvalue weighted by Gasteiger charge is -2.31. The number of rotatable bonds is 4. The zero-order valence-electron chi connectivity index (χ0n) is 19.2. The average molecular weight is 496 g/mol. The molecule has 1 heterocycles. The second-order valence-electron chi connectivity index (χ2n) is 9.66. The second-order valence-corrected chi connectivity index (χ2v) is 11.1. The van der Waals surface area contributed by atoms with Gasteiger partial charge in [-0.15, -0.1) is 0 Å². The van der Waals surface area contributed by atoms with Crippen LogP contribution < -0.4 is 0 Å². The normalized spacial score (nSPS) is 19.8. The number of hydrogen-bond donors (Lipinski definition) is 0. The van der Waals surface area contributed by atoms with Gasteiger partial charge in [-0.2, -0.15) is 25.9 Å². The topological polar surface area (TPSA) is 99.2 Å². The summed E-state index contributed by atoms with van der Waals surface area (Å²) in [7, 11) is -4.52. The summed E-state index contributed by atoms with van der Waals surface area (Å²) in [5.41, 5.74) is -2.59. The standard InChI is InChI=1S/C21H28F3NO7S/c1-19(2,3)17(26)30-11-15(13-7-9-14(10-8-13)21(22,23)24)16-12-31-33(28,29)25(16)18(27)32-20(4,5)6/h7-10,15-16H,11-12H2,1-6H3/t15-,16+/m1/s1. The molecule has 1 aromatic carbocycles. The Morgan fingerprint density at radius 3 is 2.09 bits per heavy atom. The van der Waals surface area contributed by atoms with Crippen LogP contribution in [0.1, 0.15) is 58.6 Å². The summed E-state index contributed by atoms with van der Waals surface area (Å²) in [5, 5.41) is 0. The molecule has 0 bridgehead atoms. The predicted molar refractivity (Wildman–Crippen MR) is 111 cm³/mol.